The van der Waals surface area contributed by atoms with Crippen molar-refractivity contribution in [1.82, 2.24) is 10.2 Å². The zero-order chi connectivity index (χ0) is 12.4. The largest absolute Gasteiger partial charge is 0.355 e. The lowest BCUT2D eigenvalue weighted by Gasteiger charge is -2.11. The summed E-state index contributed by atoms with van der Waals surface area (Å²) in [5.41, 5.74) is 0. The van der Waals surface area contributed by atoms with E-state index in [2.05, 4.69) is 10.2 Å². The first-order valence-corrected chi connectivity index (χ1v) is 5.93. The maximum Gasteiger partial charge on any atom is 0.237 e. The van der Waals surface area contributed by atoms with Gasteiger partial charge in [-0.15, -0.1) is 0 Å². The third-order valence-electron chi connectivity index (χ3n) is 2.38. The van der Waals surface area contributed by atoms with Crippen molar-refractivity contribution in [3.63, 3.8) is 0 Å². The van der Waals surface area contributed by atoms with Crippen molar-refractivity contribution in [2.24, 2.45) is 5.92 Å². The summed E-state index contributed by atoms with van der Waals surface area (Å²) in [4.78, 5) is 13.6. The van der Waals surface area contributed by atoms with Crippen LogP contribution in [0.5, 0.6) is 0 Å². The quantitative estimate of drug-likeness (QED) is 0.635. The van der Waals surface area contributed by atoms with Gasteiger partial charge in [-0.2, -0.15) is 5.26 Å². The maximum absolute atomic E-state index is 11.5. The number of nitrogens with zero attached hydrogens (tertiary/aromatic N) is 2. The lowest BCUT2D eigenvalue weighted by Crippen LogP contribution is -2.31. The number of carbonyl (C=O) groups is 1. The second-order valence-corrected chi connectivity index (χ2v) is 4.27. The van der Waals surface area contributed by atoms with E-state index in [1.54, 1.807) is 0 Å². The highest BCUT2D eigenvalue weighted by molar-refractivity contribution is 5.80. The molecule has 1 amide bonds. The summed E-state index contributed by atoms with van der Waals surface area (Å²) in [6.45, 7) is 3.69. The molecule has 0 aliphatic carbocycles. The van der Waals surface area contributed by atoms with Gasteiger partial charge in [-0.3, -0.25) is 4.79 Å². The minimum absolute atomic E-state index is 0.116. The van der Waals surface area contributed by atoms with Crippen LogP contribution in [-0.2, 0) is 4.79 Å². The topological polar surface area (TPSA) is 56.1 Å². The summed E-state index contributed by atoms with van der Waals surface area (Å²) in [7, 11) is 4.07. The van der Waals surface area contributed by atoms with Crippen LogP contribution in [0.4, 0.5) is 0 Å². The molecule has 1 N–H and O–H groups in total. The summed E-state index contributed by atoms with van der Waals surface area (Å²) in [5.74, 6) is -0.590. The van der Waals surface area contributed by atoms with Gasteiger partial charge in [-0.1, -0.05) is 13.3 Å². The van der Waals surface area contributed by atoms with Gasteiger partial charge < -0.3 is 10.2 Å². The normalized spacial score (nSPS) is 12.2. The Bertz CT molecular complexity index is 233. The van der Waals surface area contributed by atoms with E-state index < -0.39 is 5.92 Å². The average Bonchev–Trinajstić information content (AvgIpc) is 2.24. The number of hydrogen-bond donors (Lipinski definition) is 1. The van der Waals surface area contributed by atoms with E-state index in [9.17, 15) is 4.79 Å². The summed E-state index contributed by atoms with van der Waals surface area (Å²) in [5, 5.41) is 11.6. The Morgan fingerprint density at radius 3 is 2.62 bits per heavy atom. The highest BCUT2D eigenvalue weighted by Gasteiger charge is 2.15. The standard InChI is InChI=1S/C12H23N3O/c1-4-7-11(10-13)12(16)14-8-5-6-9-15(2)3/h11H,4-9H2,1-3H3,(H,14,16). The number of hydrogen-bond acceptors (Lipinski definition) is 3. The fourth-order valence-corrected chi connectivity index (χ4v) is 1.43. The molecule has 0 aromatic heterocycles. The van der Waals surface area contributed by atoms with Crippen LogP contribution in [0.15, 0.2) is 0 Å². The smallest absolute Gasteiger partial charge is 0.237 e. The Labute approximate surface area is 98.6 Å². The first-order valence-electron chi connectivity index (χ1n) is 5.93. The third-order valence-corrected chi connectivity index (χ3v) is 2.38. The van der Waals surface area contributed by atoms with E-state index in [4.69, 9.17) is 5.26 Å². The number of rotatable bonds is 8. The van der Waals surface area contributed by atoms with Crippen molar-refractivity contribution in [2.75, 3.05) is 27.2 Å². The highest BCUT2D eigenvalue weighted by atomic mass is 16.1. The van der Waals surface area contributed by atoms with E-state index in [1.165, 1.54) is 0 Å². The van der Waals surface area contributed by atoms with E-state index in [0.717, 1.165) is 25.8 Å². The van der Waals surface area contributed by atoms with Crippen LogP contribution in [0.1, 0.15) is 32.6 Å². The van der Waals surface area contributed by atoms with Crippen molar-refractivity contribution in [1.29, 1.82) is 5.26 Å². The van der Waals surface area contributed by atoms with Crippen molar-refractivity contribution in [3.05, 3.63) is 0 Å². The molecule has 0 spiro atoms. The molecule has 92 valence electrons. The van der Waals surface area contributed by atoms with E-state index in [0.29, 0.717) is 13.0 Å². The number of unbranched alkanes of at least 4 members (excludes halogenated alkanes) is 1. The van der Waals surface area contributed by atoms with Gasteiger partial charge in [-0.05, 0) is 39.9 Å². The predicted molar refractivity (Wildman–Crippen MR) is 64.8 cm³/mol. The number of carbonyl (C=O) groups excluding carboxylic acids is 1. The molecule has 0 fully saturated rings. The molecule has 4 nitrogen and oxygen atoms in total. The number of amides is 1. The fourth-order valence-electron chi connectivity index (χ4n) is 1.43. The number of nitrogens with one attached hydrogen (secondary N) is 1. The van der Waals surface area contributed by atoms with Crippen LogP contribution in [-0.4, -0.2) is 38.0 Å². The highest BCUT2D eigenvalue weighted by Crippen LogP contribution is 2.04. The van der Waals surface area contributed by atoms with Crippen molar-refractivity contribution < 1.29 is 4.79 Å². The van der Waals surface area contributed by atoms with Crippen molar-refractivity contribution in [2.45, 2.75) is 32.6 Å². The van der Waals surface area contributed by atoms with Crippen LogP contribution < -0.4 is 5.32 Å². The minimum atomic E-state index is -0.473. The Balaban J connectivity index is 3.60. The van der Waals surface area contributed by atoms with Crippen molar-refractivity contribution >= 4 is 5.91 Å². The summed E-state index contributed by atoms with van der Waals surface area (Å²) < 4.78 is 0. The van der Waals surface area contributed by atoms with Crippen LogP contribution in [0.3, 0.4) is 0 Å². The zero-order valence-electron chi connectivity index (χ0n) is 10.6. The number of nitriles is 1. The molecule has 0 aromatic rings. The summed E-state index contributed by atoms with van der Waals surface area (Å²) >= 11 is 0. The van der Waals surface area contributed by atoms with Crippen LogP contribution in [0.2, 0.25) is 0 Å². The molecule has 0 aliphatic rings. The fraction of sp³-hybridized carbons (Fsp3) is 0.833. The third kappa shape index (κ3) is 7.24. The molecular weight excluding hydrogens is 202 g/mol. The molecule has 0 saturated carbocycles. The van der Waals surface area contributed by atoms with Crippen LogP contribution in [0.25, 0.3) is 0 Å². The molecule has 16 heavy (non-hydrogen) atoms. The van der Waals surface area contributed by atoms with Gasteiger partial charge in [-0.25, -0.2) is 0 Å². The van der Waals surface area contributed by atoms with E-state index in [1.807, 2.05) is 27.1 Å². The molecule has 0 rings (SSSR count). The second-order valence-electron chi connectivity index (χ2n) is 4.27. The van der Waals surface area contributed by atoms with Gasteiger partial charge in [0.2, 0.25) is 5.91 Å². The van der Waals surface area contributed by atoms with Crippen LogP contribution in [0, 0.1) is 17.2 Å². The molecule has 4 heteroatoms. The van der Waals surface area contributed by atoms with E-state index in [-0.39, 0.29) is 5.91 Å². The Morgan fingerprint density at radius 1 is 1.44 bits per heavy atom. The summed E-state index contributed by atoms with van der Waals surface area (Å²) in [6.07, 6.45) is 3.55. The lowest BCUT2D eigenvalue weighted by molar-refractivity contribution is -0.123. The average molecular weight is 225 g/mol. The molecule has 0 saturated heterocycles. The predicted octanol–water partition coefficient (Wildman–Crippen LogP) is 1.38. The molecule has 0 radical (unpaired) electrons. The molecule has 0 aliphatic heterocycles. The molecule has 0 aromatic carbocycles. The SMILES string of the molecule is CCCC(C#N)C(=O)NCCCCN(C)C. The zero-order valence-corrected chi connectivity index (χ0v) is 10.6. The van der Waals surface area contributed by atoms with Crippen molar-refractivity contribution in [3.8, 4) is 6.07 Å². The molecule has 0 bridgehead atoms. The maximum atomic E-state index is 11.5. The molecule has 1 unspecified atom stereocenters. The van der Waals surface area contributed by atoms with Gasteiger partial charge in [0, 0.05) is 6.54 Å². The van der Waals surface area contributed by atoms with Crippen LogP contribution >= 0.6 is 0 Å². The minimum Gasteiger partial charge on any atom is -0.355 e. The van der Waals surface area contributed by atoms with Gasteiger partial charge in [0.25, 0.3) is 0 Å². The molecule has 0 heterocycles. The Morgan fingerprint density at radius 2 is 2.12 bits per heavy atom. The van der Waals surface area contributed by atoms with Gasteiger partial charge in [0.1, 0.15) is 5.92 Å². The first kappa shape index (κ1) is 14.9. The first-order chi connectivity index (χ1) is 7.61. The Hall–Kier alpha value is -1.08. The van der Waals surface area contributed by atoms with Gasteiger partial charge >= 0.3 is 0 Å². The summed E-state index contributed by atoms with van der Waals surface area (Å²) in [6, 6.07) is 2.04. The second kappa shape index (κ2) is 9.17. The Kier molecular flexibility index (Phi) is 8.55. The van der Waals surface area contributed by atoms with E-state index >= 15 is 0 Å². The molecule has 1 atom stereocenters. The van der Waals surface area contributed by atoms with Gasteiger partial charge in [0.15, 0.2) is 0 Å². The molecular formula is C12H23N3O. The lowest BCUT2D eigenvalue weighted by atomic mass is 10.1. The monoisotopic (exact) mass is 225 g/mol. The van der Waals surface area contributed by atoms with Gasteiger partial charge in [0.05, 0.1) is 6.07 Å².